The van der Waals surface area contributed by atoms with Crippen molar-refractivity contribution in [3.8, 4) is 0 Å². The van der Waals surface area contributed by atoms with Gasteiger partial charge in [0, 0.05) is 20.8 Å². The van der Waals surface area contributed by atoms with E-state index in [1.54, 1.807) is 6.92 Å². The first kappa shape index (κ1) is 39.5. The first-order valence-corrected chi connectivity index (χ1v) is 18.1. The van der Waals surface area contributed by atoms with Crippen LogP contribution in [-0.2, 0) is 76.8 Å². The van der Waals surface area contributed by atoms with Crippen LogP contribution in [0.5, 0.6) is 0 Å². The summed E-state index contributed by atoms with van der Waals surface area (Å²) in [5.74, 6) is -2.00. The number of hydrogen-bond acceptors (Lipinski definition) is 12. The third kappa shape index (κ3) is 11.2. The predicted molar refractivity (Wildman–Crippen MR) is 190 cm³/mol. The summed E-state index contributed by atoms with van der Waals surface area (Å²) in [6.45, 7) is 6.23. The van der Waals surface area contributed by atoms with Crippen LogP contribution in [0.4, 0.5) is 0 Å². The van der Waals surface area contributed by atoms with Crippen LogP contribution < -0.4 is 0 Å². The average molecular weight is 786 g/mol. The molecule has 0 aliphatic carbocycles. The molecular weight excluding hydrogens is 740 g/mol. The average Bonchev–Trinajstić information content (AvgIpc) is 3.12. The van der Waals surface area contributed by atoms with E-state index in [1.165, 1.54) is 20.8 Å². The fraction of sp³-hybridized carbons (Fsp3) is 0.462. The molecule has 0 aromatic heterocycles. The van der Waals surface area contributed by atoms with Gasteiger partial charge in [-0.2, -0.15) is 0 Å². The maximum absolute atomic E-state index is 12.4. The molecule has 2 fully saturated rings. The number of hydrogen-bond donors (Lipinski definition) is 0. The lowest BCUT2D eigenvalue weighted by atomic mass is 9.97. The highest BCUT2D eigenvalue weighted by Gasteiger charge is 2.55. The first-order chi connectivity index (χ1) is 25.1. The minimum absolute atomic E-state index is 0.167. The second kappa shape index (κ2) is 19.4. The van der Waals surface area contributed by atoms with Gasteiger partial charge in [-0.3, -0.25) is 14.4 Å². The van der Waals surface area contributed by atoms with Crippen molar-refractivity contribution in [2.24, 2.45) is 0 Å². The molecule has 2 aliphatic heterocycles. The van der Waals surface area contributed by atoms with Gasteiger partial charge in [-0.25, -0.2) is 0 Å². The summed E-state index contributed by atoms with van der Waals surface area (Å²) in [7, 11) is 0. The monoisotopic (exact) mass is 784 g/mol. The van der Waals surface area contributed by atoms with Gasteiger partial charge in [-0.05, 0) is 23.6 Å². The Hall–Kier alpha value is -3.69. The zero-order valence-electron chi connectivity index (χ0n) is 29.5. The van der Waals surface area contributed by atoms with E-state index in [4.69, 9.17) is 42.6 Å². The second-order valence-corrected chi connectivity index (χ2v) is 13.5. The molecule has 0 N–H and O–H groups in total. The number of carbonyl (C=O) groups is 3. The molecule has 5 rings (SSSR count). The van der Waals surface area contributed by atoms with Gasteiger partial charge in [-0.15, -0.1) is 0 Å². The number of rotatable bonds is 15. The zero-order chi connectivity index (χ0) is 37.0. The van der Waals surface area contributed by atoms with Crippen LogP contribution in [0.25, 0.3) is 0 Å². The van der Waals surface area contributed by atoms with Gasteiger partial charge < -0.3 is 42.6 Å². The third-order valence-electron chi connectivity index (χ3n) is 8.47. The Labute approximate surface area is 312 Å². The predicted octanol–water partition coefficient (Wildman–Crippen LogP) is 5.42. The molecular formula is C39H45BrO12. The van der Waals surface area contributed by atoms with Crippen molar-refractivity contribution in [2.45, 2.75) is 108 Å². The molecule has 280 valence electrons. The zero-order valence-corrected chi connectivity index (χ0v) is 31.1. The fourth-order valence-corrected chi connectivity index (χ4v) is 6.87. The minimum atomic E-state index is -1.33. The Morgan fingerprint density at radius 1 is 0.577 bits per heavy atom. The first-order valence-electron chi connectivity index (χ1n) is 17.1. The van der Waals surface area contributed by atoms with Crippen LogP contribution in [0.1, 0.15) is 44.4 Å². The van der Waals surface area contributed by atoms with Gasteiger partial charge in [-0.1, -0.05) is 107 Å². The Balaban J connectivity index is 1.47. The highest BCUT2D eigenvalue weighted by molar-refractivity contribution is 9.09. The highest BCUT2D eigenvalue weighted by atomic mass is 79.9. The molecule has 12 nitrogen and oxygen atoms in total. The summed E-state index contributed by atoms with van der Waals surface area (Å²) < 4.78 is 55.6. The third-order valence-corrected chi connectivity index (χ3v) is 9.20. The molecule has 2 heterocycles. The maximum Gasteiger partial charge on any atom is 0.303 e. The van der Waals surface area contributed by atoms with Crippen LogP contribution in [0, 0.1) is 0 Å². The van der Waals surface area contributed by atoms with Crippen molar-refractivity contribution in [3.63, 3.8) is 0 Å². The minimum Gasteiger partial charge on any atom is -0.456 e. The second-order valence-electron chi connectivity index (χ2n) is 12.6. The van der Waals surface area contributed by atoms with E-state index in [9.17, 15) is 14.4 Å². The molecule has 0 unspecified atom stereocenters. The summed E-state index contributed by atoms with van der Waals surface area (Å²) in [6.07, 6.45) is -8.90. The van der Waals surface area contributed by atoms with E-state index < -0.39 is 78.0 Å². The topological polar surface area (TPSA) is 134 Å². The van der Waals surface area contributed by atoms with Crippen molar-refractivity contribution < 1.29 is 57.0 Å². The molecule has 0 radical (unpaired) electrons. The van der Waals surface area contributed by atoms with E-state index in [0.717, 1.165) is 16.7 Å². The van der Waals surface area contributed by atoms with Crippen molar-refractivity contribution in [1.82, 2.24) is 0 Å². The lowest BCUT2D eigenvalue weighted by Crippen LogP contribution is -2.65. The van der Waals surface area contributed by atoms with Gasteiger partial charge in [0.05, 0.1) is 32.5 Å². The van der Waals surface area contributed by atoms with Gasteiger partial charge >= 0.3 is 17.9 Å². The van der Waals surface area contributed by atoms with Crippen molar-refractivity contribution in [3.05, 3.63) is 108 Å². The largest absolute Gasteiger partial charge is 0.456 e. The van der Waals surface area contributed by atoms with E-state index in [2.05, 4.69) is 15.9 Å². The van der Waals surface area contributed by atoms with Crippen molar-refractivity contribution >= 4 is 33.8 Å². The number of ether oxygens (including phenoxy) is 9. The Kier molecular flexibility index (Phi) is 14.7. The summed E-state index contributed by atoms with van der Waals surface area (Å²) in [4.78, 5) is 36.8. The van der Waals surface area contributed by atoms with Crippen LogP contribution in [-0.4, -0.2) is 84.6 Å². The number of alkyl halides is 1. The van der Waals surface area contributed by atoms with E-state index in [-0.39, 0.29) is 19.8 Å². The van der Waals surface area contributed by atoms with Crippen molar-refractivity contribution in [2.75, 3.05) is 6.61 Å². The molecule has 52 heavy (non-hydrogen) atoms. The summed E-state index contributed by atoms with van der Waals surface area (Å²) in [5, 5.41) is -0.801. The van der Waals surface area contributed by atoms with E-state index in [0.29, 0.717) is 6.61 Å². The molecule has 0 saturated carbocycles. The lowest BCUT2D eigenvalue weighted by molar-refractivity contribution is -0.338. The summed E-state index contributed by atoms with van der Waals surface area (Å²) >= 11 is 3.68. The van der Waals surface area contributed by atoms with Crippen LogP contribution in [0.2, 0.25) is 0 Å². The molecule has 0 amide bonds. The maximum atomic E-state index is 12.4. The molecule has 2 aliphatic rings. The molecule has 10 atom stereocenters. The molecule has 0 spiro atoms. The van der Waals surface area contributed by atoms with Gasteiger partial charge in [0.15, 0.2) is 24.6 Å². The number of benzene rings is 3. The van der Waals surface area contributed by atoms with Gasteiger partial charge in [0.2, 0.25) is 0 Å². The Bertz CT molecular complexity index is 1560. The SMILES string of the molecule is CC(=O)O[C@@H]1[C@H](OC(C)=O)[C@@H](O[C@@H]2[C@@H](OCc3ccccc3)[C@H](OCc3ccccc3)[C@@H](COCc3ccccc3)O[C@@H]2Br)O[C@H](C)[C@H]1OC(C)=O. The number of esters is 3. The lowest BCUT2D eigenvalue weighted by Gasteiger charge is -2.48. The Morgan fingerprint density at radius 2 is 1.04 bits per heavy atom. The highest BCUT2D eigenvalue weighted by Crippen LogP contribution is 2.37. The fourth-order valence-electron chi connectivity index (χ4n) is 6.17. The smallest absolute Gasteiger partial charge is 0.303 e. The van der Waals surface area contributed by atoms with E-state index in [1.807, 2.05) is 91.0 Å². The summed E-state index contributed by atoms with van der Waals surface area (Å²) in [5.41, 5.74) is 2.85. The normalized spacial score (nSPS) is 28.8. The molecule has 3 aromatic rings. The van der Waals surface area contributed by atoms with Crippen LogP contribution in [0.3, 0.4) is 0 Å². The van der Waals surface area contributed by atoms with Crippen LogP contribution >= 0.6 is 15.9 Å². The number of carbonyl (C=O) groups excluding carboxylic acids is 3. The Morgan fingerprint density at radius 3 is 1.56 bits per heavy atom. The van der Waals surface area contributed by atoms with Crippen molar-refractivity contribution in [1.29, 1.82) is 0 Å². The van der Waals surface area contributed by atoms with E-state index >= 15 is 0 Å². The van der Waals surface area contributed by atoms with Crippen LogP contribution in [0.15, 0.2) is 91.0 Å². The molecule has 2 saturated heterocycles. The molecule has 13 heteroatoms. The summed E-state index contributed by atoms with van der Waals surface area (Å²) in [6, 6.07) is 29.2. The quantitative estimate of drug-likeness (QED) is 0.111. The molecule has 0 bridgehead atoms. The molecule has 3 aromatic carbocycles. The number of halogens is 1. The van der Waals surface area contributed by atoms with Gasteiger partial charge in [0.1, 0.15) is 29.4 Å². The standard InChI is InChI=1S/C39H45BrO12/c1-24-32(48-25(2)41)35(49-26(3)42)37(50-27(4)43)39(47-24)52-36-34(46-22-30-18-12-7-13-19-30)33(45-21-29-16-10-6-11-17-29)31(51-38(36)40)23-44-20-28-14-8-5-9-15-28/h5-19,24,31-39H,20-23H2,1-4H3/t24-,31-,32-,33-,34+,35+,36-,37+,38+,39-/m1/s1. The van der Waals surface area contributed by atoms with Gasteiger partial charge in [0.25, 0.3) is 0 Å².